The van der Waals surface area contributed by atoms with Crippen molar-refractivity contribution < 1.29 is 9.59 Å². The van der Waals surface area contributed by atoms with Crippen LogP contribution in [0.5, 0.6) is 0 Å². The molecule has 1 amide bonds. The second-order valence-electron chi connectivity index (χ2n) is 3.25. The Hall–Kier alpha value is -1.29. The highest BCUT2D eigenvalue weighted by Crippen LogP contribution is 2.09. The second-order valence-corrected chi connectivity index (χ2v) is 4.24. The number of benzene rings is 1. The molecule has 0 aromatic heterocycles. The first-order valence-electron chi connectivity index (χ1n) is 4.55. The number of aryl methyl sites for hydroxylation is 1. The van der Waals surface area contributed by atoms with E-state index in [4.69, 9.17) is 5.73 Å². The van der Waals surface area contributed by atoms with E-state index in [1.54, 1.807) is 6.07 Å². The SMILES string of the molecule is Cc1cccc(C(=O)CSCC(N)=O)c1. The number of hydrogen-bond acceptors (Lipinski definition) is 3. The van der Waals surface area contributed by atoms with Crippen LogP contribution < -0.4 is 5.73 Å². The monoisotopic (exact) mass is 223 g/mol. The van der Waals surface area contributed by atoms with Crippen LogP contribution in [0, 0.1) is 6.92 Å². The summed E-state index contributed by atoms with van der Waals surface area (Å²) < 4.78 is 0. The van der Waals surface area contributed by atoms with Crippen molar-refractivity contribution in [1.82, 2.24) is 0 Å². The number of amides is 1. The summed E-state index contributed by atoms with van der Waals surface area (Å²) >= 11 is 1.25. The predicted molar refractivity (Wildman–Crippen MR) is 62.0 cm³/mol. The van der Waals surface area contributed by atoms with Crippen molar-refractivity contribution in [2.45, 2.75) is 6.92 Å². The Labute approximate surface area is 93.0 Å². The van der Waals surface area contributed by atoms with E-state index in [2.05, 4.69) is 0 Å². The summed E-state index contributed by atoms with van der Waals surface area (Å²) in [4.78, 5) is 22.1. The molecule has 0 fully saturated rings. The molecule has 15 heavy (non-hydrogen) atoms. The maximum Gasteiger partial charge on any atom is 0.227 e. The Morgan fingerprint density at radius 1 is 1.33 bits per heavy atom. The first-order valence-corrected chi connectivity index (χ1v) is 5.71. The van der Waals surface area contributed by atoms with Gasteiger partial charge in [-0.15, -0.1) is 11.8 Å². The van der Waals surface area contributed by atoms with Crippen LogP contribution in [-0.2, 0) is 4.79 Å². The number of carbonyl (C=O) groups excluding carboxylic acids is 2. The van der Waals surface area contributed by atoms with Gasteiger partial charge in [0.05, 0.1) is 11.5 Å². The summed E-state index contributed by atoms with van der Waals surface area (Å²) in [6.45, 7) is 1.94. The van der Waals surface area contributed by atoms with E-state index >= 15 is 0 Å². The van der Waals surface area contributed by atoms with Gasteiger partial charge in [-0.3, -0.25) is 9.59 Å². The van der Waals surface area contributed by atoms with E-state index in [9.17, 15) is 9.59 Å². The van der Waals surface area contributed by atoms with Gasteiger partial charge in [0.2, 0.25) is 5.91 Å². The van der Waals surface area contributed by atoms with E-state index in [0.29, 0.717) is 11.3 Å². The normalized spacial score (nSPS) is 9.93. The van der Waals surface area contributed by atoms with Gasteiger partial charge >= 0.3 is 0 Å². The molecule has 0 radical (unpaired) electrons. The van der Waals surface area contributed by atoms with Gasteiger partial charge in [0.25, 0.3) is 0 Å². The number of primary amides is 1. The summed E-state index contributed by atoms with van der Waals surface area (Å²) in [7, 11) is 0. The molecule has 0 saturated heterocycles. The van der Waals surface area contributed by atoms with E-state index in [1.807, 2.05) is 25.1 Å². The first-order chi connectivity index (χ1) is 7.09. The second kappa shape index (κ2) is 5.56. The zero-order chi connectivity index (χ0) is 11.3. The molecule has 0 atom stereocenters. The summed E-state index contributed by atoms with van der Waals surface area (Å²) in [5, 5.41) is 0. The Morgan fingerprint density at radius 3 is 2.67 bits per heavy atom. The van der Waals surface area contributed by atoms with Crippen LogP contribution in [0.4, 0.5) is 0 Å². The molecule has 0 bridgehead atoms. The van der Waals surface area contributed by atoms with Crippen molar-refractivity contribution in [1.29, 1.82) is 0 Å². The topological polar surface area (TPSA) is 60.2 Å². The van der Waals surface area contributed by atoms with Crippen molar-refractivity contribution in [2.24, 2.45) is 5.73 Å². The van der Waals surface area contributed by atoms with Gasteiger partial charge in [-0.05, 0) is 13.0 Å². The smallest absolute Gasteiger partial charge is 0.227 e. The van der Waals surface area contributed by atoms with Crippen LogP contribution in [0.3, 0.4) is 0 Å². The number of nitrogens with two attached hydrogens (primary N) is 1. The van der Waals surface area contributed by atoms with Crippen LogP contribution in [-0.4, -0.2) is 23.2 Å². The molecule has 4 heteroatoms. The fourth-order valence-corrected chi connectivity index (χ4v) is 1.80. The molecule has 1 aromatic rings. The predicted octanol–water partition coefficient (Wildman–Crippen LogP) is 1.40. The van der Waals surface area contributed by atoms with Crippen LogP contribution in [0.2, 0.25) is 0 Å². The van der Waals surface area contributed by atoms with Crippen LogP contribution >= 0.6 is 11.8 Å². The fourth-order valence-electron chi connectivity index (χ4n) is 1.15. The lowest BCUT2D eigenvalue weighted by molar-refractivity contribution is -0.115. The van der Waals surface area contributed by atoms with Gasteiger partial charge in [-0.25, -0.2) is 0 Å². The summed E-state index contributed by atoms with van der Waals surface area (Å²) in [5.41, 5.74) is 6.71. The molecule has 0 aliphatic rings. The molecule has 0 aliphatic carbocycles. The Bertz CT molecular complexity index is 377. The molecule has 0 aliphatic heterocycles. The van der Waals surface area contributed by atoms with Crippen molar-refractivity contribution in [3.8, 4) is 0 Å². The third-order valence-corrected chi connectivity index (χ3v) is 2.77. The van der Waals surface area contributed by atoms with Crippen molar-refractivity contribution in [3.05, 3.63) is 35.4 Å². The standard InChI is InChI=1S/C11H13NO2S/c1-8-3-2-4-9(5-8)10(13)6-15-7-11(12)14/h2-5H,6-7H2,1H3,(H2,12,14). The Kier molecular flexibility index (Phi) is 4.37. The van der Waals surface area contributed by atoms with Gasteiger partial charge < -0.3 is 5.73 Å². The number of carbonyl (C=O) groups is 2. The van der Waals surface area contributed by atoms with E-state index in [1.165, 1.54) is 11.8 Å². The van der Waals surface area contributed by atoms with Crippen LogP contribution in [0.15, 0.2) is 24.3 Å². The average Bonchev–Trinajstić information content (AvgIpc) is 2.17. The molecule has 0 spiro atoms. The first kappa shape index (κ1) is 11.8. The molecule has 0 saturated carbocycles. The Morgan fingerprint density at radius 2 is 2.07 bits per heavy atom. The number of rotatable bonds is 5. The zero-order valence-electron chi connectivity index (χ0n) is 8.53. The highest BCUT2D eigenvalue weighted by atomic mass is 32.2. The van der Waals surface area contributed by atoms with Crippen LogP contribution in [0.25, 0.3) is 0 Å². The third kappa shape index (κ3) is 4.16. The highest BCUT2D eigenvalue weighted by Gasteiger charge is 2.06. The average molecular weight is 223 g/mol. The van der Waals surface area contributed by atoms with Gasteiger partial charge in [-0.2, -0.15) is 0 Å². The molecule has 3 nitrogen and oxygen atoms in total. The molecule has 1 rings (SSSR count). The van der Waals surface area contributed by atoms with E-state index in [0.717, 1.165) is 5.56 Å². The van der Waals surface area contributed by atoms with Gasteiger partial charge in [0.15, 0.2) is 5.78 Å². The summed E-state index contributed by atoms with van der Waals surface area (Å²) in [6.07, 6.45) is 0. The minimum absolute atomic E-state index is 0.0324. The third-order valence-electron chi connectivity index (χ3n) is 1.82. The van der Waals surface area contributed by atoms with Crippen LogP contribution in [0.1, 0.15) is 15.9 Å². The number of ketones is 1. The van der Waals surface area contributed by atoms with Gasteiger partial charge in [0, 0.05) is 5.56 Å². The lowest BCUT2D eigenvalue weighted by Crippen LogP contribution is -2.15. The number of hydrogen-bond donors (Lipinski definition) is 1. The van der Waals surface area contributed by atoms with Gasteiger partial charge in [0.1, 0.15) is 0 Å². The molecule has 1 aromatic carbocycles. The highest BCUT2D eigenvalue weighted by molar-refractivity contribution is 8.00. The molecule has 0 unspecified atom stereocenters. The number of thioether (sulfide) groups is 1. The maximum atomic E-state index is 11.6. The van der Waals surface area contributed by atoms with Crippen molar-refractivity contribution in [2.75, 3.05) is 11.5 Å². The Balaban J connectivity index is 2.50. The van der Waals surface area contributed by atoms with Crippen molar-refractivity contribution in [3.63, 3.8) is 0 Å². The molecule has 0 heterocycles. The lowest BCUT2D eigenvalue weighted by atomic mass is 10.1. The fraction of sp³-hybridized carbons (Fsp3) is 0.273. The molecule has 80 valence electrons. The van der Waals surface area contributed by atoms with E-state index < -0.39 is 5.91 Å². The lowest BCUT2D eigenvalue weighted by Gasteiger charge is -2.01. The minimum Gasteiger partial charge on any atom is -0.369 e. The zero-order valence-corrected chi connectivity index (χ0v) is 9.34. The minimum atomic E-state index is -0.392. The largest absolute Gasteiger partial charge is 0.369 e. The molecular formula is C11H13NO2S. The molecule has 2 N–H and O–H groups in total. The van der Waals surface area contributed by atoms with E-state index in [-0.39, 0.29) is 11.5 Å². The summed E-state index contributed by atoms with van der Waals surface area (Å²) in [6, 6.07) is 7.40. The molecular weight excluding hydrogens is 210 g/mol. The summed E-state index contributed by atoms with van der Waals surface area (Å²) in [5.74, 6) is 0.131. The quantitative estimate of drug-likeness (QED) is 0.767. The maximum absolute atomic E-state index is 11.6. The number of Topliss-reactive ketones (excluding diaryl/α,β-unsaturated/α-hetero) is 1. The van der Waals surface area contributed by atoms with Gasteiger partial charge in [-0.1, -0.05) is 23.8 Å². The van der Waals surface area contributed by atoms with Crippen molar-refractivity contribution >= 4 is 23.5 Å².